The fourth-order valence-corrected chi connectivity index (χ4v) is 2.90. The van der Waals surface area contributed by atoms with Crippen LogP contribution in [0.15, 0.2) is 27.6 Å². The van der Waals surface area contributed by atoms with Crippen LogP contribution in [0.25, 0.3) is 22.2 Å². The average molecular weight is 390 g/mol. The Morgan fingerprint density at radius 2 is 2.04 bits per heavy atom. The standard InChI is InChI=1S/C16H13BrFN5O/c1-6-9(17)5-22-15-11(13(21)16(24)23-14(6)15)7-2-3-10(18)12(20)8(7)4-19/h2-5,19H,20-21H2,1H3,(H,23,24). The SMILES string of the molecule is Cc1c(Br)cnc2c(-c3ccc(F)c(N)c3C=N)c(N)c(=O)[nH]c12. The molecule has 0 spiro atoms. The highest BCUT2D eigenvalue weighted by atomic mass is 79.9. The number of fused-ring (bicyclic) bond motifs is 1. The first-order chi connectivity index (χ1) is 11.4. The van der Waals surface area contributed by atoms with E-state index in [1.807, 2.05) is 6.92 Å². The number of hydrogen-bond acceptors (Lipinski definition) is 5. The van der Waals surface area contributed by atoms with Crippen LogP contribution in [0.3, 0.4) is 0 Å². The van der Waals surface area contributed by atoms with E-state index in [0.29, 0.717) is 22.2 Å². The van der Waals surface area contributed by atoms with Crippen molar-refractivity contribution in [1.29, 1.82) is 5.41 Å². The van der Waals surface area contributed by atoms with Gasteiger partial charge in [0.2, 0.25) is 0 Å². The van der Waals surface area contributed by atoms with Gasteiger partial charge < -0.3 is 21.9 Å². The third-order valence-corrected chi connectivity index (χ3v) is 4.71. The van der Waals surface area contributed by atoms with Gasteiger partial charge in [-0.05, 0) is 40.0 Å². The number of rotatable bonds is 2. The van der Waals surface area contributed by atoms with E-state index in [2.05, 4.69) is 25.9 Å². The van der Waals surface area contributed by atoms with Crippen LogP contribution in [0.5, 0.6) is 0 Å². The Kier molecular flexibility index (Phi) is 3.84. The topological polar surface area (TPSA) is 122 Å². The normalized spacial score (nSPS) is 11.0. The third-order valence-electron chi connectivity index (χ3n) is 3.91. The summed E-state index contributed by atoms with van der Waals surface area (Å²) < 4.78 is 14.5. The Morgan fingerprint density at radius 3 is 2.71 bits per heavy atom. The van der Waals surface area contributed by atoms with Gasteiger partial charge in [0.05, 0.1) is 16.7 Å². The molecule has 122 valence electrons. The predicted molar refractivity (Wildman–Crippen MR) is 96.9 cm³/mol. The first kappa shape index (κ1) is 16.1. The lowest BCUT2D eigenvalue weighted by Gasteiger charge is -2.14. The summed E-state index contributed by atoms with van der Waals surface area (Å²) in [5, 5.41) is 7.55. The maximum Gasteiger partial charge on any atom is 0.272 e. The Balaban J connectivity index is 2.54. The van der Waals surface area contributed by atoms with Crippen molar-refractivity contribution in [1.82, 2.24) is 9.97 Å². The third kappa shape index (κ3) is 2.26. The summed E-state index contributed by atoms with van der Waals surface area (Å²) >= 11 is 3.37. The first-order valence-corrected chi connectivity index (χ1v) is 7.71. The number of nitrogens with one attached hydrogen (secondary N) is 2. The largest absolute Gasteiger partial charge is 0.396 e. The summed E-state index contributed by atoms with van der Waals surface area (Å²) in [7, 11) is 0. The highest BCUT2D eigenvalue weighted by Crippen LogP contribution is 2.36. The monoisotopic (exact) mass is 389 g/mol. The minimum absolute atomic E-state index is 0.0640. The van der Waals surface area contributed by atoms with E-state index in [1.54, 1.807) is 6.20 Å². The molecule has 1 aromatic carbocycles. The lowest BCUT2D eigenvalue weighted by Crippen LogP contribution is -2.15. The van der Waals surface area contributed by atoms with Crippen LogP contribution in [-0.4, -0.2) is 16.2 Å². The second-order valence-corrected chi connectivity index (χ2v) is 6.12. The fraction of sp³-hybridized carbons (Fsp3) is 0.0625. The number of halogens is 2. The molecule has 0 amide bonds. The summed E-state index contributed by atoms with van der Waals surface area (Å²) in [6.07, 6.45) is 2.53. The summed E-state index contributed by atoms with van der Waals surface area (Å²) in [5.74, 6) is -0.642. The molecule has 0 aliphatic carbocycles. The molecule has 0 bridgehead atoms. The average Bonchev–Trinajstić information content (AvgIpc) is 2.56. The van der Waals surface area contributed by atoms with Crippen molar-refractivity contribution in [3.05, 3.63) is 50.1 Å². The number of hydrogen-bond donors (Lipinski definition) is 4. The summed E-state index contributed by atoms with van der Waals surface area (Å²) in [4.78, 5) is 19.3. The molecule has 0 aliphatic heterocycles. The molecule has 0 saturated carbocycles. The number of benzene rings is 1. The van der Waals surface area contributed by atoms with Crippen LogP contribution in [0, 0.1) is 18.2 Å². The van der Waals surface area contributed by atoms with Crippen LogP contribution in [0.2, 0.25) is 0 Å². The van der Waals surface area contributed by atoms with Gasteiger partial charge in [-0.1, -0.05) is 6.07 Å². The summed E-state index contributed by atoms with van der Waals surface area (Å²) in [6, 6.07) is 2.62. The fourth-order valence-electron chi connectivity index (χ4n) is 2.60. The van der Waals surface area contributed by atoms with Gasteiger partial charge in [0.15, 0.2) is 0 Å². The maximum absolute atomic E-state index is 13.7. The summed E-state index contributed by atoms with van der Waals surface area (Å²) in [5.41, 5.74) is 13.6. The van der Waals surface area contributed by atoms with E-state index < -0.39 is 11.4 Å². The molecule has 2 heterocycles. The van der Waals surface area contributed by atoms with E-state index in [0.717, 1.165) is 16.3 Å². The van der Waals surface area contributed by atoms with Crippen molar-refractivity contribution in [3.8, 4) is 11.1 Å². The van der Waals surface area contributed by atoms with Crippen LogP contribution in [-0.2, 0) is 0 Å². The van der Waals surface area contributed by atoms with Crippen LogP contribution in [0.4, 0.5) is 15.8 Å². The number of aromatic nitrogens is 2. The number of pyridine rings is 2. The van der Waals surface area contributed by atoms with E-state index in [-0.39, 0.29) is 16.9 Å². The molecule has 0 atom stereocenters. The molecule has 0 fully saturated rings. The lowest BCUT2D eigenvalue weighted by molar-refractivity contribution is 0.632. The van der Waals surface area contributed by atoms with Crippen LogP contribution < -0.4 is 17.0 Å². The number of nitrogens with zero attached hydrogens (tertiary/aromatic N) is 1. The summed E-state index contributed by atoms with van der Waals surface area (Å²) in [6.45, 7) is 1.82. The highest BCUT2D eigenvalue weighted by Gasteiger charge is 2.20. The Labute approximate surface area is 144 Å². The highest BCUT2D eigenvalue weighted by molar-refractivity contribution is 9.10. The van der Waals surface area contributed by atoms with Crippen molar-refractivity contribution in [3.63, 3.8) is 0 Å². The van der Waals surface area contributed by atoms with E-state index in [4.69, 9.17) is 16.9 Å². The molecular formula is C16H13BrFN5O. The lowest BCUT2D eigenvalue weighted by atomic mass is 9.96. The van der Waals surface area contributed by atoms with Gasteiger partial charge in [-0.15, -0.1) is 0 Å². The zero-order chi connectivity index (χ0) is 17.6. The molecular weight excluding hydrogens is 377 g/mol. The molecule has 8 heteroatoms. The molecule has 2 aromatic heterocycles. The first-order valence-electron chi connectivity index (χ1n) is 6.92. The van der Waals surface area contributed by atoms with Gasteiger partial charge >= 0.3 is 0 Å². The van der Waals surface area contributed by atoms with Crippen LogP contribution in [0.1, 0.15) is 11.1 Å². The molecule has 6 N–H and O–H groups in total. The van der Waals surface area contributed by atoms with Gasteiger partial charge in [-0.2, -0.15) is 0 Å². The van der Waals surface area contributed by atoms with E-state index >= 15 is 0 Å². The van der Waals surface area contributed by atoms with Crippen molar-refractivity contribution in [2.24, 2.45) is 0 Å². The van der Waals surface area contributed by atoms with Gasteiger partial charge in [-0.25, -0.2) is 4.39 Å². The smallest absolute Gasteiger partial charge is 0.272 e. The molecule has 24 heavy (non-hydrogen) atoms. The van der Waals surface area contributed by atoms with Crippen molar-refractivity contribution in [2.75, 3.05) is 11.5 Å². The van der Waals surface area contributed by atoms with Gasteiger partial charge in [0.25, 0.3) is 5.56 Å². The zero-order valence-electron chi connectivity index (χ0n) is 12.6. The molecule has 0 unspecified atom stereocenters. The maximum atomic E-state index is 13.7. The van der Waals surface area contributed by atoms with Crippen molar-refractivity contribution < 1.29 is 4.39 Å². The molecule has 0 radical (unpaired) electrons. The minimum Gasteiger partial charge on any atom is -0.396 e. The zero-order valence-corrected chi connectivity index (χ0v) is 14.2. The Bertz CT molecular complexity index is 1060. The number of nitrogens with two attached hydrogens (primary N) is 2. The molecule has 3 aromatic rings. The second-order valence-electron chi connectivity index (χ2n) is 5.26. The quantitative estimate of drug-likeness (QED) is 0.397. The van der Waals surface area contributed by atoms with E-state index in [9.17, 15) is 9.18 Å². The van der Waals surface area contributed by atoms with Crippen LogP contribution >= 0.6 is 15.9 Å². The van der Waals surface area contributed by atoms with Crippen molar-refractivity contribution >= 4 is 44.6 Å². The number of nitrogen functional groups attached to an aromatic ring is 2. The van der Waals surface area contributed by atoms with E-state index in [1.165, 1.54) is 12.1 Å². The molecule has 0 saturated heterocycles. The Hall–Kier alpha value is -2.74. The van der Waals surface area contributed by atoms with Gasteiger partial charge in [0.1, 0.15) is 11.5 Å². The molecule has 3 rings (SSSR count). The minimum atomic E-state index is -0.642. The van der Waals surface area contributed by atoms with Crippen molar-refractivity contribution in [2.45, 2.75) is 6.92 Å². The number of H-pyrrole nitrogens is 1. The van der Waals surface area contributed by atoms with Gasteiger partial charge in [-0.3, -0.25) is 9.78 Å². The number of aromatic amines is 1. The number of anilines is 2. The molecule has 0 aliphatic rings. The molecule has 6 nitrogen and oxygen atoms in total. The van der Waals surface area contributed by atoms with Gasteiger partial charge in [0, 0.05) is 28.0 Å². The Morgan fingerprint density at radius 1 is 1.33 bits per heavy atom. The number of aryl methyl sites for hydroxylation is 1. The predicted octanol–water partition coefficient (Wildman–Crippen LogP) is 2.96. The second kappa shape index (κ2) is 5.72.